The van der Waals surface area contributed by atoms with E-state index in [1.165, 1.54) is 0 Å². The lowest BCUT2D eigenvalue weighted by Crippen LogP contribution is -2.26. The first kappa shape index (κ1) is 14.2. The molecule has 0 atom stereocenters. The van der Waals surface area contributed by atoms with Gasteiger partial charge in [-0.2, -0.15) is 5.10 Å². The van der Waals surface area contributed by atoms with Gasteiger partial charge in [0.2, 0.25) is 0 Å². The van der Waals surface area contributed by atoms with Crippen LogP contribution in [0.1, 0.15) is 32.5 Å². The van der Waals surface area contributed by atoms with Gasteiger partial charge in [-0.05, 0) is 25.9 Å². The summed E-state index contributed by atoms with van der Waals surface area (Å²) in [5.41, 5.74) is 0.794. The van der Waals surface area contributed by atoms with Crippen LogP contribution >= 0.6 is 11.6 Å². The number of hydrogen-bond acceptors (Lipinski definition) is 4. The number of rotatable bonds is 6. The molecule has 0 N–H and O–H groups in total. The zero-order chi connectivity index (χ0) is 13.8. The highest BCUT2D eigenvalue weighted by Crippen LogP contribution is 2.19. The fraction of sp³-hybridized carbons (Fsp3) is 0.615. The number of aromatic nitrogens is 4. The number of aryl methyl sites for hydroxylation is 1. The molecular formula is C13H20ClN5. The number of nitrogens with zero attached hydrogens (tertiary/aromatic N) is 5. The molecule has 104 valence electrons. The molecule has 5 nitrogen and oxygen atoms in total. The molecule has 0 amide bonds. The van der Waals surface area contributed by atoms with E-state index < -0.39 is 0 Å². The summed E-state index contributed by atoms with van der Waals surface area (Å²) in [5.74, 6) is 0.767. The van der Waals surface area contributed by atoms with Gasteiger partial charge in [0.15, 0.2) is 5.65 Å². The third-order valence-electron chi connectivity index (χ3n) is 3.04. The average Bonchev–Trinajstić information content (AvgIpc) is 2.73. The molecule has 0 spiro atoms. The highest BCUT2D eigenvalue weighted by atomic mass is 35.5. The highest BCUT2D eigenvalue weighted by Gasteiger charge is 2.12. The molecule has 0 aromatic carbocycles. The summed E-state index contributed by atoms with van der Waals surface area (Å²) in [6.45, 7) is 7.21. The van der Waals surface area contributed by atoms with Crippen molar-refractivity contribution in [3.05, 3.63) is 17.2 Å². The molecular weight excluding hydrogens is 262 g/mol. The number of fused-ring (bicyclic) bond motifs is 1. The minimum Gasteiger partial charge on any atom is -0.296 e. The van der Waals surface area contributed by atoms with Crippen LogP contribution in [0.2, 0.25) is 5.15 Å². The summed E-state index contributed by atoms with van der Waals surface area (Å²) < 4.78 is 1.73. The zero-order valence-electron chi connectivity index (χ0n) is 11.7. The van der Waals surface area contributed by atoms with E-state index in [4.69, 9.17) is 11.6 Å². The van der Waals surface area contributed by atoms with Gasteiger partial charge in [0.25, 0.3) is 0 Å². The van der Waals surface area contributed by atoms with Crippen molar-refractivity contribution in [3.63, 3.8) is 0 Å². The molecule has 0 aliphatic rings. The quantitative estimate of drug-likeness (QED) is 0.764. The number of hydrogen-bond donors (Lipinski definition) is 0. The molecule has 2 aromatic heterocycles. The second kappa shape index (κ2) is 6.30. The van der Waals surface area contributed by atoms with Crippen molar-refractivity contribution < 1.29 is 0 Å². The summed E-state index contributed by atoms with van der Waals surface area (Å²) in [6.07, 6.45) is 3.96. The van der Waals surface area contributed by atoms with Gasteiger partial charge < -0.3 is 0 Å². The van der Waals surface area contributed by atoms with Crippen LogP contribution in [0, 0.1) is 0 Å². The van der Waals surface area contributed by atoms with Crippen molar-refractivity contribution in [2.45, 2.75) is 33.2 Å². The van der Waals surface area contributed by atoms with Gasteiger partial charge in [0, 0.05) is 7.05 Å². The molecule has 0 aliphatic carbocycles. The average molecular weight is 282 g/mol. The van der Waals surface area contributed by atoms with E-state index in [0.717, 1.165) is 49.3 Å². The first-order chi connectivity index (χ1) is 9.15. The molecule has 19 heavy (non-hydrogen) atoms. The topological polar surface area (TPSA) is 46.8 Å². The zero-order valence-corrected chi connectivity index (χ0v) is 12.5. The molecule has 0 unspecified atom stereocenters. The maximum absolute atomic E-state index is 6.19. The van der Waals surface area contributed by atoms with Gasteiger partial charge in [-0.15, -0.1) is 0 Å². The highest BCUT2D eigenvalue weighted by molar-refractivity contribution is 6.33. The lowest BCUT2D eigenvalue weighted by atomic mass is 10.3. The second-order valence-electron chi connectivity index (χ2n) is 4.71. The first-order valence-corrected chi connectivity index (χ1v) is 7.10. The van der Waals surface area contributed by atoms with Crippen molar-refractivity contribution in [1.82, 2.24) is 24.6 Å². The molecule has 0 saturated heterocycles. The fourth-order valence-electron chi connectivity index (χ4n) is 2.20. The Hall–Kier alpha value is -1.20. The Labute approximate surface area is 118 Å². The smallest absolute Gasteiger partial charge is 0.162 e. The van der Waals surface area contributed by atoms with Crippen molar-refractivity contribution in [1.29, 1.82) is 0 Å². The minimum absolute atomic E-state index is 0.487. The molecule has 6 heteroatoms. The van der Waals surface area contributed by atoms with Crippen molar-refractivity contribution in [3.8, 4) is 0 Å². The van der Waals surface area contributed by atoms with E-state index in [-0.39, 0.29) is 0 Å². The maximum Gasteiger partial charge on any atom is 0.162 e. The Morgan fingerprint density at radius 3 is 2.53 bits per heavy atom. The van der Waals surface area contributed by atoms with Crippen LogP contribution in [-0.2, 0) is 13.6 Å². The van der Waals surface area contributed by atoms with E-state index in [1.807, 2.05) is 7.05 Å². The van der Waals surface area contributed by atoms with Crippen LogP contribution in [0.5, 0.6) is 0 Å². The van der Waals surface area contributed by atoms with Gasteiger partial charge in [-0.3, -0.25) is 9.58 Å². The van der Waals surface area contributed by atoms with E-state index >= 15 is 0 Å². The van der Waals surface area contributed by atoms with E-state index in [9.17, 15) is 0 Å². The molecule has 0 saturated carbocycles. The molecule has 2 rings (SSSR count). The molecule has 0 bridgehead atoms. The second-order valence-corrected chi connectivity index (χ2v) is 5.07. The molecule has 2 aromatic rings. The summed E-state index contributed by atoms with van der Waals surface area (Å²) in [4.78, 5) is 11.3. The Kier molecular flexibility index (Phi) is 4.71. The largest absolute Gasteiger partial charge is 0.296 e. The third kappa shape index (κ3) is 3.22. The van der Waals surface area contributed by atoms with Crippen molar-refractivity contribution in [2.75, 3.05) is 13.1 Å². The molecule has 2 heterocycles. The van der Waals surface area contributed by atoms with Crippen molar-refractivity contribution >= 4 is 22.6 Å². The maximum atomic E-state index is 6.19. The fourth-order valence-corrected chi connectivity index (χ4v) is 2.43. The SMILES string of the molecule is CCCN(CCC)Cc1nc(Cl)c2cnn(C)c2n1. The lowest BCUT2D eigenvalue weighted by molar-refractivity contribution is 0.260. The summed E-state index contributed by atoms with van der Waals surface area (Å²) in [5, 5.41) is 5.46. The standard InChI is InChI=1S/C13H20ClN5/c1-4-6-19(7-5-2)9-11-16-12(14)10-8-15-18(3)13(10)17-11/h8H,4-7,9H2,1-3H3. The van der Waals surface area contributed by atoms with E-state index in [0.29, 0.717) is 5.15 Å². The minimum atomic E-state index is 0.487. The Balaban J connectivity index is 2.26. The summed E-state index contributed by atoms with van der Waals surface area (Å²) in [7, 11) is 1.87. The summed E-state index contributed by atoms with van der Waals surface area (Å²) >= 11 is 6.19. The molecule has 0 fully saturated rings. The van der Waals surface area contributed by atoms with Crippen LogP contribution in [0.25, 0.3) is 11.0 Å². The first-order valence-electron chi connectivity index (χ1n) is 6.72. The van der Waals surface area contributed by atoms with Crippen LogP contribution in [-0.4, -0.2) is 37.7 Å². The normalized spacial score (nSPS) is 11.6. The summed E-state index contributed by atoms with van der Waals surface area (Å²) in [6, 6.07) is 0. The van der Waals surface area contributed by atoms with E-state index in [2.05, 4.69) is 33.8 Å². The predicted molar refractivity (Wildman–Crippen MR) is 77.2 cm³/mol. The van der Waals surface area contributed by atoms with Gasteiger partial charge in [0.05, 0.1) is 18.1 Å². The Morgan fingerprint density at radius 1 is 1.21 bits per heavy atom. The number of halogens is 1. The predicted octanol–water partition coefficient (Wildman–Crippen LogP) is 2.64. The third-order valence-corrected chi connectivity index (χ3v) is 3.32. The molecule has 0 radical (unpaired) electrons. The van der Waals surface area contributed by atoms with Gasteiger partial charge in [-0.1, -0.05) is 25.4 Å². The Bertz CT molecular complexity index is 545. The van der Waals surface area contributed by atoms with Crippen LogP contribution in [0.3, 0.4) is 0 Å². The van der Waals surface area contributed by atoms with Crippen molar-refractivity contribution in [2.24, 2.45) is 7.05 Å². The van der Waals surface area contributed by atoms with Crippen LogP contribution < -0.4 is 0 Å². The lowest BCUT2D eigenvalue weighted by Gasteiger charge is -2.19. The van der Waals surface area contributed by atoms with Crippen LogP contribution in [0.15, 0.2) is 6.20 Å². The monoisotopic (exact) mass is 281 g/mol. The Morgan fingerprint density at radius 2 is 1.89 bits per heavy atom. The van der Waals surface area contributed by atoms with Gasteiger partial charge in [-0.25, -0.2) is 9.97 Å². The van der Waals surface area contributed by atoms with E-state index in [1.54, 1.807) is 10.9 Å². The van der Waals surface area contributed by atoms with Crippen LogP contribution in [0.4, 0.5) is 0 Å². The van der Waals surface area contributed by atoms with Gasteiger partial charge >= 0.3 is 0 Å². The van der Waals surface area contributed by atoms with Gasteiger partial charge in [0.1, 0.15) is 11.0 Å². The molecule has 0 aliphatic heterocycles.